The summed E-state index contributed by atoms with van der Waals surface area (Å²) in [7, 11) is 1.70. The molecule has 1 aliphatic rings. The van der Waals surface area contributed by atoms with E-state index in [1.165, 1.54) is 24.2 Å². The summed E-state index contributed by atoms with van der Waals surface area (Å²) in [5, 5.41) is 1.94. The lowest BCUT2D eigenvalue weighted by molar-refractivity contribution is 0.0889. The highest BCUT2D eigenvalue weighted by atomic mass is 79.9. The van der Waals surface area contributed by atoms with Gasteiger partial charge in [-0.15, -0.1) is 11.3 Å². The summed E-state index contributed by atoms with van der Waals surface area (Å²) in [5.74, 6) is 0.204. The van der Waals surface area contributed by atoms with E-state index in [-0.39, 0.29) is 5.78 Å². The first-order chi connectivity index (χ1) is 8.22. The molecule has 0 amide bonds. The average molecular weight is 318 g/mol. The molecular weight excluding hydrogens is 302 g/mol. The van der Waals surface area contributed by atoms with Gasteiger partial charge in [0, 0.05) is 24.2 Å². The monoisotopic (exact) mass is 317 g/mol. The molecule has 1 fully saturated rings. The zero-order valence-corrected chi connectivity index (χ0v) is 12.2. The van der Waals surface area contributed by atoms with Gasteiger partial charge >= 0.3 is 0 Å². The van der Waals surface area contributed by atoms with Crippen LogP contribution in [0.3, 0.4) is 0 Å². The molecular formula is C12H16BrNO2S. The third-order valence-electron chi connectivity index (χ3n) is 2.86. The minimum Gasteiger partial charge on any atom is -0.383 e. The molecule has 5 heteroatoms. The molecule has 1 aliphatic carbocycles. The van der Waals surface area contributed by atoms with Crippen molar-refractivity contribution in [1.29, 1.82) is 0 Å². The number of ether oxygens (including phenoxy) is 1. The van der Waals surface area contributed by atoms with Gasteiger partial charge in [0.05, 0.1) is 18.0 Å². The maximum Gasteiger partial charge on any atom is 0.187 e. The van der Waals surface area contributed by atoms with Crippen molar-refractivity contribution in [3.63, 3.8) is 0 Å². The Kier molecular flexibility index (Phi) is 4.73. The van der Waals surface area contributed by atoms with Crippen LogP contribution in [0.5, 0.6) is 0 Å². The maximum atomic E-state index is 12.1. The molecule has 17 heavy (non-hydrogen) atoms. The van der Waals surface area contributed by atoms with Crippen LogP contribution < -0.4 is 0 Å². The van der Waals surface area contributed by atoms with Crippen molar-refractivity contribution < 1.29 is 9.53 Å². The maximum absolute atomic E-state index is 12.1. The van der Waals surface area contributed by atoms with Crippen molar-refractivity contribution in [2.24, 2.45) is 0 Å². The van der Waals surface area contributed by atoms with E-state index < -0.39 is 0 Å². The molecule has 1 saturated carbocycles. The predicted octanol–water partition coefficient (Wildman–Crippen LogP) is 2.80. The van der Waals surface area contributed by atoms with Crippen LogP contribution in [-0.4, -0.2) is 43.5 Å². The zero-order chi connectivity index (χ0) is 12.3. The molecule has 0 aromatic carbocycles. The zero-order valence-electron chi connectivity index (χ0n) is 9.82. The summed E-state index contributed by atoms with van der Waals surface area (Å²) < 4.78 is 6.00. The van der Waals surface area contributed by atoms with Crippen LogP contribution in [0, 0.1) is 0 Å². The SMILES string of the molecule is COCCN(CC(=O)c1sccc1Br)C1CC1. The summed E-state index contributed by atoms with van der Waals surface area (Å²) in [6, 6.07) is 2.52. The van der Waals surface area contributed by atoms with Gasteiger partial charge in [0.1, 0.15) is 0 Å². The summed E-state index contributed by atoms with van der Waals surface area (Å²) in [5.41, 5.74) is 0. The minimum atomic E-state index is 0.204. The summed E-state index contributed by atoms with van der Waals surface area (Å²) in [6.45, 7) is 2.04. The van der Waals surface area contributed by atoms with E-state index in [2.05, 4.69) is 20.8 Å². The first-order valence-electron chi connectivity index (χ1n) is 5.71. The standard InChI is InChI=1S/C12H16BrNO2S/c1-16-6-5-14(9-2-3-9)8-11(15)12-10(13)4-7-17-12/h4,7,9H,2-3,5-6,8H2,1H3. The first-order valence-corrected chi connectivity index (χ1v) is 7.39. The molecule has 0 saturated heterocycles. The van der Waals surface area contributed by atoms with Gasteiger partial charge in [-0.25, -0.2) is 0 Å². The molecule has 0 unspecified atom stereocenters. The fourth-order valence-electron chi connectivity index (χ4n) is 1.79. The number of rotatable bonds is 7. The Hall–Kier alpha value is -0.230. The third kappa shape index (κ3) is 3.61. The summed E-state index contributed by atoms with van der Waals surface area (Å²) >= 11 is 4.91. The van der Waals surface area contributed by atoms with Crippen LogP contribution in [0.25, 0.3) is 0 Å². The largest absolute Gasteiger partial charge is 0.383 e. The Morgan fingerprint density at radius 3 is 2.94 bits per heavy atom. The number of thiophene rings is 1. The van der Waals surface area contributed by atoms with E-state index in [1.807, 2.05) is 11.4 Å². The van der Waals surface area contributed by atoms with E-state index in [9.17, 15) is 4.79 Å². The predicted molar refractivity (Wildman–Crippen MR) is 72.8 cm³/mol. The van der Waals surface area contributed by atoms with Gasteiger partial charge in [-0.05, 0) is 40.2 Å². The summed E-state index contributed by atoms with van der Waals surface area (Å²) in [6.07, 6.45) is 2.42. The van der Waals surface area contributed by atoms with E-state index in [1.54, 1.807) is 7.11 Å². The number of carbonyl (C=O) groups is 1. The smallest absolute Gasteiger partial charge is 0.187 e. The molecule has 0 spiro atoms. The highest BCUT2D eigenvalue weighted by molar-refractivity contribution is 9.10. The number of hydrogen-bond donors (Lipinski definition) is 0. The minimum absolute atomic E-state index is 0.204. The Bertz CT molecular complexity index is 390. The Morgan fingerprint density at radius 2 is 2.41 bits per heavy atom. The van der Waals surface area contributed by atoms with Gasteiger partial charge in [-0.2, -0.15) is 0 Å². The lowest BCUT2D eigenvalue weighted by atomic mass is 10.3. The topological polar surface area (TPSA) is 29.5 Å². The van der Waals surface area contributed by atoms with Crippen molar-refractivity contribution in [1.82, 2.24) is 4.90 Å². The second-order valence-corrected chi connectivity index (χ2v) is 5.99. The van der Waals surface area contributed by atoms with Gasteiger partial charge in [-0.3, -0.25) is 9.69 Å². The Morgan fingerprint density at radius 1 is 1.65 bits per heavy atom. The quantitative estimate of drug-likeness (QED) is 0.724. The Labute approximate surface area is 114 Å². The van der Waals surface area contributed by atoms with Crippen molar-refractivity contribution in [3.8, 4) is 0 Å². The molecule has 0 bridgehead atoms. The molecule has 0 atom stereocenters. The van der Waals surface area contributed by atoms with Crippen LogP contribution in [0.2, 0.25) is 0 Å². The van der Waals surface area contributed by atoms with E-state index in [0.717, 1.165) is 15.9 Å². The van der Waals surface area contributed by atoms with Gasteiger partial charge in [0.25, 0.3) is 0 Å². The molecule has 1 aromatic rings. The van der Waals surface area contributed by atoms with E-state index in [4.69, 9.17) is 4.74 Å². The molecule has 0 N–H and O–H groups in total. The second kappa shape index (κ2) is 6.09. The molecule has 1 aromatic heterocycles. The lowest BCUT2D eigenvalue weighted by Gasteiger charge is -2.20. The van der Waals surface area contributed by atoms with Gasteiger partial charge in [0.15, 0.2) is 5.78 Å². The van der Waals surface area contributed by atoms with Crippen molar-refractivity contribution in [2.75, 3.05) is 26.8 Å². The number of halogens is 1. The fourth-order valence-corrected chi connectivity index (χ4v) is 3.31. The summed E-state index contributed by atoms with van der Waals surface area (Å²) in [4.78, 5) is 15.2. The number of carbonyl (C=O) groups excluding carboxylic acids is 1. The second-order valence-electron chi connectivity index (χ2n) is 4.22. The van der Waals surface area contributed by atoms with Gasteiger partial charge in [0.2, 0.25) is 0 Å². The van der Waals surface area contributed by atoms with Crippen molar-refractivity contribution in [2.45, 2.75) is 18.9 Å². The Balaban J connectivity index is 1.93. The van der Waals surface area contributed by atoms with E-state index >= 15 is 0 Å². The first kappa shape index (κ1) is 13.2. The number of hydrogen-bond acceptors (Lipinski definition) is 4. The van der Waals surface area contributed by atoms with Crippen LogP contribution in [0.4, 0.5) is 0 Å². The van der Waals surface area contributed by atoms with E-state index in [0.29, 0.717) is 19.2 Å². The highest BCUT2D eigenvalue weighted by Crippen LogP contribution is 2.28. The molecule has 2 rings (SSSR count). The van der Waals surface area contributed by atoms with Crippen LogP contribution in [-0.2, 0) is 4.74 Å². The molecule has 94 valence electrons. The normalized spacial score (nSPS) is 15.5. The number of nitrogens with zero attached hydrogens (tertiary/aromatic N) is 1. The lowest BCUT2D eigenvalue weighted by Crippen LogP contribution is -2.34. The van der Waals surface area contributed by atoms with Crippen LogP contribution in [0.1, 0.15) is 22.5 Å². The van der Waals surface area contributed by atoms with Crippen molar-refractivity contribution >= 4 is 33.0 Å². The van der Waals surface area contributed by atoms with Gasteiger partial charge in [-0.1, -0.05) is 0 Å². The molecule has 0 aliphatic heterocycles. The fraction of sp³-hybridized carbons (Fsp3) is 0.583. The molecule has 0 radical (unpaired) electrons. The molecule has 1 heterocycles. The number of methoxy groups -OCH3 is 1. The number of ketones is 1. The van der Waals surface area contributed by atoms with Crippen molar-refractivity contribution in [3.05, 3.63) is 20.8 Å². The third-order valence-corrected chi connectivity index (χ3v) is 4.74. The van der Waals surface area contributed by atoms with Crippen LogP contribution >= 0.6 is 27.3 Å². The molecule has 3 nitrogen and oxygen atoms in total. The van der Waals surface area contributed by atoms with Crippen LogP contribution in [0.15, 0.2) is 15.9 Å². The number of Topliss-reactive ketones (excluding diaryl/α,β-unsaturated/α-hetero) is 1. The average Bonchev–Trinajstić information content (AvgIpc) is 3.06. The van der Waals surface area contributed by atoms with Gasteiger partial charge < -0.3 is 4.74 Å². The highest BCUT2D eigenvalue weighted by Gasteiger charge is 2.30.